The molecule has 20 heavy (non-hydrogen) atoms. The number of pyridine rings is 1. The number of methoxy groups -OCH3 is 1. The molecule has 1 fully saturated rings. The Bertz CT molecular complexity index is 423. The standard InChI is InChI=1S/C16H26N2O2/c1-3-5-13-8-12(11-17)9-16(18-13)20-15-7-4-6-14(10-15)19-2/h8-9,14-15H,3-7,10-11,17H2,1-2H3. The molecule has 0 aliphatic heterocycles. The lowest BCUT2D eigenvalue weighted by Crippen LogP contribution is -2.29. The second kappa shape index (κ2) is 7.60. The molecule has 0 saturated heterocycles. The summed E-state index contributed by atoms with van der Waals surface area (Å²) < 4.78 is 11.5. The molecule has 4 nitrogen and oxygen atoms in total. The van der Waals surface area contributed by atoms with E-state index in [1.54, 1.807) is 7.11 Å². The number of hydrogen-bond acceptors (Lipinski definition) is 4. The summed E-state index contributed by atoms with van der Waals surface area (Å²) in [7, 11) is 1.78. The third-order valence-corrected chi connectivity index (χ3v) is 3.86. The smallest absolute Gasteiger partial charge is 0.214 e. The zero-order valence-corrected chi connectivity index (χ0v) is 12.6. The van der Waals surface area contributed by atoms with Crippen LogP contribution in [0.25, 0.3) is 0 Å². The largest absolute Gasteiger partial charge is 0.474 e. The number of hydrogen-bond donors (Lipinski definition) is 1. The maximum Gasteiger partial charge on any atom is 0.214 e. The van der Waals surface area contributed by atoms with Crippen LogP contribution in [0, 0.1) is 0 Å². The molecular weight excluding hydrogens is 252 g/mol. The fraction of sp³-hybridized carbons (Fsp3) is 0.688. The van der Waals surface area contributed by atoms with Gasteiger partial charge in [-0.15, -0.1) is 0 Å². The van der Waals surface area contributed by atoms with Gasteiger partial charge in [-0.2, -0.15) is 0 Å². The predicted octanol–water partition coefficient (Wildman–Crippen LogP) is 2.83. The van der Waals surface area contributed by atoms with Crippen molar-refractivity contribution in [1.82, 2.24) is 4.98 Å². The van der Waals surface area contributed by atoms with Gasteiger partial charge in [-0.25, -0.2) is 4.98 Å². The lowest BCUT2D eigenvalue weighted by atomic mass is 9.95. The number of nitrogens with two attached hydrogens (primary N) is 1. The minimum Gasteiger partial charge on any atom is -0.474 e. The second-order valence-electron chi connectivity index (χ2n) is 5.52. The van der Waals surface area contributed by atoms with Crippen LogP contribution in [0.2, 0.25) is 0 Å². The summed E-state index contributed by atoms with van der Waals surface area (Å²) in [5, 5.41) is 0. The van der Waals surface area contributed by atoms with E-state index in [4.69, 9.17) is 15.2 Å². The molecule has 2 unspecified atom stereocenters. The van der Waals surface area contributed by atoms with E-state index in [0.29, 0.717) is 12.6 Å². The molecule has 0 bridgehead atoms. The Balaban J connectivity index is 2.05. The summed E-state index contributed by atoms with van der Waals surface area (Å²) in [6.07, 6.45) is 6.90. The van der Waals surface area contributed by atoms with Crippen LogP contribution in [0.5, 0.6) is 5.88 Å². The van der Waals surface area contributed by atoms with Gasteiger partial charge in [0.05, 0.1) is 6.10 Å². The quantitative estimate of drug-likeness (QED) is 0.869. The van der Waals surface area contributed by atoms with E-state index in [1.807, 2.05) is 6.07 Å². The molecule has 1 aromatic rings. The van der Waals surface area contributed by atoms with Crippen molar-refractivity contribution in [2.24, 2.45) is 5.73 Å². The highest BCUT2D eigenvalue weighted by Gasteiger charge is 2.23. The van der Waals surface area contributed by atoms with Crippen LogP contribution in [0.15, 0.2) is 12.1 Å². The van der Waals surface area contributed by atoms with Crippen molar-refractivity contribution in [2.75, 3.05) is 7.11 Å². The van der Waals surface area contributed by atoms with Gasteiger partial charge in [0.25, 0.3) is 0 Å². The Morgan fingerprint density at radius 3 is 2.80 bits per heavy atom. The van der Waals surface area contributed by atoms with E-state index in [2.05, 4.69) is 18.0 Å². The van der Waals surface area contributed by atoms with Crippen LogP contribution in [0.4, 0.5) is 0 Å². The van der Waals surface area contributed by atoms with Crippen molar-refractivity contribution in [3.63, 3.8) is 0 Å². The van der Waals surface area contributed by atoms with Gasteiger partial charge in [0.2, 0.25) is 5.88 Å². The Hall–Kier alpha value is -1.13. The van der Waals surface area contributed by atoms with Gasteiger partial charge in [-0.1, -0.05) is 13.3 Å². The molecule has 1 aliphatic carbocycles. The summed E-state index contributed by atoms with van der Waals surface area (Å²) in [4.78, 5) is 4.60. The first kappa shape index (κ1) is 15.3. The molecule has 0 radical (unpaired) electrons. The molecule has 1 saturated carbocycles. The molecule has 1 aromatic heterocycles. The highest BCUT2D eigenvalue weighted by Crippen LogP contribution is 2.25. The number of ether oxygens (including phenoxy) is 2. The van der Waals surface area contributed by atoms with Gasteiger partial charge in [0.15, 0.2) is 0 Å². The van der Waals surface area contributed by atoms with Crippen molar-refractivity contribution >= 4 is 0 Å². The first-order valence-electron chi connectivity index (χ1n) is 7.64. The first-order valence-corrected chi connectivity index (χ1v) is 7.64. The van der Waals surface area contributed by atoms with Gasteiger partial charge >= 0.3 is 0 Å². The molecule has 4 heteroatoms. The van der Waals surface area contributed by atoms with Crippen LogP contribution in [-0.2, 0) is 17.7 Å². The second-order valence-corrected chi connectivity index (χ2v) is 5.52. The molecule has 1 aliphatic rings. The molecule has 0 aromatic carbocycles. The number of nitrogens with zero attached hydrogens (tertiary/aromatic N) is 1. The molecular formula is C16H26N2O2. The molecule has 1 heterocycles. The van der Waals surface area contributed by atoms with Crippen LogP contribution in [-0.4, -0.2) is 24.3 Å². The van der Waals surface area contributed by atoms with Crippen LogP contribution in [0.3, 0.4) is 0 Å². The summed E-state index contributed by atoms with van der Waals surface area (Å²) in [6, 6.07) is 4.05. The summed E-state index contributed by atoms with van der Waals surface area (Å²) in [6.45, 7) is 2.68. The van der Waals surface area contributed by atoms with Gasteiger partial charge in [-0.05, 0) is 37.3 Å². The lowest BCUT2D eigenvalue weighted by molar-refractivity contribution is 0.0194. The first-order chi connectivity index (χ1) is 9.75. The van der Waals surface area contributed by atoms with E-state index < -0.39 is 0 Å². The van der Waals surface area contributed by atoms with Crippen molar-refractivity contribution in [3.8, 4) is 5.88 Å². The van der Waals surface area contributed by atoms with Crippen LogP contribution in [0.1, 0.15) is 50.3 Å². The number of aromatic nitrogens is 1. The SMILES string of the molecule is CCCc1cc(CN)cc(OC2CCCC(OC)C2)n1. The monoisotopic (exact) mass is 278 g/mol. The molecule has 2 N–H and O–H groups in total. The zero-order chi connectivity index (χ0) is 14.4. The highest BCUT2D eigenvalue weighted by atomic mass is 16.5. The maximum absolute atomic E-state index is 6.07. The van der Waals surface area contributed by atoms with Crippen molar-refractivity contribution < 1.29 is 9.47 Å². The Morgan fingerprint density at radius 1 is 1.30 bits per heavy atom. The fourth-order valence-corrected chi connectivity index (χ4v) is 2.78. The van der Waals surface area contributed by atoms with Gasteiger partial charge in [0.1, 0.15) is 6.10 Å². The summed E-state index contributed by atoms with van der Waals surface area (Å²) in [5.41, 5.74) is 7.93. The molecule has 112 valence electrons. The highest BCUT2D eigenvalue weighted by molar-refractivity contribution is 5.25. The minimum atomic E-state index is 0.212. The topological polar surface area (TPSA) is 57.4 Å². The normalized spacial score (nSPS) is 22.8. The van der Waals surface area contributed by atoms with Crippen LogP contribution < -0.4 is 10.5 Å². The Kier molecular flexibility index (Phi) is 5.80. The van der Waals surface area contributed by atoms with Crippen molar-refractivity contribution in [3.05, 3.63) is 23.4 Å². The summed E-state index contributed by atoms with van der Waals surface area (Å²) in [5.74, 6) is 0.721. The van der Waals surface area contributed by atoms with Gasteiger partial charge < -0.3 is 15.2 Å². The number of rotatable bonds is 6. The third kappa shape index (κ3) is 4.18. The van der Waals surface area contributed by atoms with E-state index in [9.17, 15) is 0 Å². The Morgan fingerprint density at radius 2 is 2.10 bits per heavy atom. The van der Waals surface area contributed by atoms with Gasteiger partial charge in [0, 0.05) is 31.8 Å². The van der Waals surface area contributed by atoms with Crippen molar-refractivity contribution in [2.45, 2.75) is 64.2 Å². The van der Waals surface area contributed by atoms with Crippen molar-refractivity contribution in [1.29, 1.82) is 0 Å². The molecule has 2 atom stereocenters. The number of aryl methyl sites for hydroxylation is 1. The summed E-state index contributed by atoms with van der Waals surface area (Å²) >= 11 is 0. The Labute approximate surface area is 121 Å². The molecule has 2 rings (SSSR count). The van der Waals surface area contributed by atoms with Crippen LogP contribution >= 0.6 is 0 Å². The minimum absolute atomic E-state index is 0.212. The third-order valence-electron chi connectivity index (χ3n) is 3.86. The molecule has 0 amide bonds. The van der Waals surface area contributed by atoms with Gasteiger partial charge in [-0.3, -0.25) is 0 Å². The predicted molar refractivity (Wildman–Crippen MR) is 79.8 cm³/mol. The zero-order valence-electron chi connectivity index (χ0n) is 12.6. The van der Waals surface area contributed by atoms with E-state index >= 15 is 0 Å². The van der Waals surface area contributed by atoms with E-state index in [0.717, 1.165) is 55.7 Å². The van der Waals surface area contributed by atoms with E-state index in [-0.39, 0.29) is 6.10 Å². The average molecular weight is 278 g/mol. The van der Waals surface area contributed by atoms with E-state index in [1.165, 1.54) is 0 Å². The average Bonchev–Trinajstić information content (AvgIpc) is 2.47. The lowest BCUT2D eigenvalue weighted by Gasteiger charge is -2.28. The fourth-order valence-electron chi connectivity index (χ4n) is 2.78. The molecule has 0 spiro atoms. The maximum atomic E-state index is 6.07.